The summed E-state index contributed by atoms with van der Waals surface area (Å²) < 4.78 is 4.91. The molecule has 8 nitrogen and oxygen atoms in total. The normalized spacial score (nSPS) is 11.2. The van der Waals surface area contributed by atoms with Gasteiger partial charge in [-0.25, -0.2) is 10.2 Å². The van der Waals surface area contributed by atoms with Crippen molar-refractivity contribution in [3.8, 4) is 0 Å². The largest absolute Gasteiger partial charge is 0.433 e. The maximum absolute atomic E-state index is 10.4. The fraction of sp³-hybridized carbons (Fsp3) is 0.250. The van der Waals surface area contributed by atoms with Gasteiger partial charge >= 0.3 is 11.9 Å². The number of amides is 2. The standard InChI is InChI=1S/C8H10N4O4/c1-2-5(10-11-8(9)13)6-3-4-7(16-6)12(14)15/h3-4H,2H2,1H3,(H3,9,11,13). The SMILES string of the molecule is CCC(=NNC(N)=O)c1ccc([N+](=O)[O-])o1. The first-order valence-corrected chi connectivity index (χ1v) is 4.41. The number of nitrogens with two attached hydrogens (primary N) is 1. The Bertz CT molecular complexity index is 437. The van der Waals surface area contributed by atoms with Gasteiger partial charge in [-0.3, -0.25) is 10.1 Å². The zero-order valence-corrected chi connectivity index (χ0v) is 8.47. The van der Waals surface area contributed by atoms with Crippen molar-refractivity contribution in [2.24, 2.45) is 10.8 Å². The van der Waals surface area contributed by atoms with E-state index in [-0.39, 0.29) is 11.6 Å². The molecule has 0 aliphatic rings. The van der Waals surface area contributed by atoms with Crippen molar-refractivity contribution in [3.63, 3.8) is 0 Å². The summed E-state index contributed by atoms with van der Waals surface area (Å²) >= 11 is 0. The molecule has 86 valence electrons. The number of hydrogen-bond acceptors (Lipinski definition) is 5. The van der Waals surface area contributed by atoms with Gasteiger partial charge < -0.3 is 10.2 Å². The number of carbonyl (C=O) groups is 1. The number of rotatable bonds is 4. The van der Waals surface area contributed by atoms with Gasteiger partial charge in [0.05, 0.1) is 6.07 Å². The molecule has 0 aliphatic carbocycles. The minimum absolute atomic E-state index is 0.225. The highest BCUT2D eigenvalue weighted by Crippen LogP contribution is 2.17. The Kier molecular flexibility index (Phi) is 3.59. The first kappa shape index (κ1) is 11.7. The van der Waals surface area contributed by atoms with Crippen LogP contribution in [0.25, 0.3) is 0 Å². The highest BCUT2D eigenvalue weighted by molar-refractivity contribution is 5.98. The maximum Gasteiger partial charge on any atom is 0.433 e. The Hall–Kier alpha value is -2.38. The van der Waals surface area contributed by atoms with Crippen molar-refractivity contribution >= 4 is 17.6 Å². The van der Waals surface area contributed by atoms with Gasteiger partial charge in [-0.2, -0.15) is 5.10 Å². The number of furan rings is 1. The Morgan fingerprint density at radius 2 is 2.38 bits per heavy atom. The van der Waals surface area contributed by atoms with Crippen LogP contribution in [0.1, 0.15) is 19.1 Å². The van der Waals surface area contributed by atoms with Crippen LogP contribution in [0.4, 0.5) is 10.7 Å². The molecule has 8 heteroatoms. The van der Waals surface area contributed by atoms with Gasteiger partial charge in [0, 0.05) is 0 Å². The number of hydrogen-bond donors (Lipinski definition) is 2. The van der Waals surface area contributed by atoms with Crippen LogP contribution in [-0.2, 0) is 0 Å². The van der Waals surface area contributed by atoms with E-state index in [9.17, 15) is 14.9 Å². The van der Waals surface area contributed by atoms with Crippen LogP contribution in [0.2, 0.25) is 0 Å². The van der Waals surface area contributed by atoms with Crippen LogP contribution >= 0.6 is 0 Å². The van der Waals surface area contributed by atoms with Crippen LogP contribution < -0.4 is 11.2 Å². The second kappa shape index (κ2) is 4.91. The summed E-state index contributed by atoms with van der Waals surface area (Å²) in [5.41, 5.74) is 7.23. The molecule has 16 heavy (non-hydrogen) atoms. The lowest BCUT2D eigenvalue weighted by atomic mass is 10.2. The molecule has 0 unspecified atom stereocenters. The lowest BCUT2D eigenvalue weighted by Gasteiger charge is -1.98. The third-order valence-electron chi connectivity index (χ3n) is 1.69. The van der Waals surface area contributed by atoms with Crippen LogP contribution in [0, 0.1) is 10.1 Å². The molecule has 0 saturated heterocycles. The molecule has 2 amide bonds. The summed E-state index contributed by atoms with van der Waals surface area (Å²) in [4.78, 5) is 20.1. The number of nitro groups is 1. The molecule has 0 radical (unpaired) electrons. The molecule has 0 atom stereocenters. The highest BCUT2D eigenvalue weighted by Gasteiger charge is 2.14. The van der Waals surface area contributed by atoms with E-state index >= 15 is 0 Å². The number of urea groups is 1. The number of nitrogens with one attached hydrogen (secondary N) is 1. The van der Waals surface area contributed by atoms with Crippen molar-refractivity contribution in [2.75, 3.05) is 0 Å². The van der Waals surface area contributed by atoms with Crippen molar-refractivity contribution in [1.82, 2.24) is 5.43 Å². The molecule has 1 aromatic rings. The number of nitrogens with zero attached hydrogens (tertiary/aromatic N) is 2. The lowest BCUT2D eigenvalue weighted by molar-refractivity contribution is -0.402. The second-order valence-corrected chi connectivity index (χ2v) is 2.78. The fourth-order valence-electron chi connectivity index (χ4n) is 1.01. The van der Waals surface area contributed by atoms with E-state index in [1.54, 1.807) is 6.92 Å². The number of hydrazone groups is 1. The molecule has 0 saturated carbocycles. The van der Waals surface area contributed by atoms with E-state index in [1.165, 1.54) is 12.1 Å². The first-order chi connectivity index (χ1) is 7.54. The molecule has 0 aromatic carbocycles. The molecule has 1 heterocycles. The van der Waals surface area contributed by atoms with Crippen LogP contribution in [0.15, 0.2) is 21.7 Å². The Morgan fingerprint density at radius 3 is 2.81 bits per heavy atom. The third-order valence-corrected chi connectivity index (χ3v) is 1.69. The second-order valence-electron chi connectivity index (χ2n) is 2.78. The van der Waals surface area contributed by atoms with Crippen LogP contribution in [-0.4, -0.2) is 16.7 Å². The molecular weight excluding hydrogens is 216 g/mol. The smallest absolute Gasteiger partial charge is 0.399 e. The maximum atomic E-state index is 10.4. The highest BCUT2D eigenvalue weighted by atomic mass is 16.6. The predicted octanol–water partition coefficient (Wildman–Crippen LogP) is 0.970. The minimum Gasteiger partial charge on any atom is -0.399 e. The van der Waals surface area contributed by atoms with Crippen LogP contribution in [0.3, 0.4) is 0 Å². The van der Waals surface area contributed by atoms with Gasteiger partial charge in [-0.1, -0.05) is 6.92 Å². The Labute approximate surface area is 90.3 Å². The van der Waals surface area contributed by atoms with Gasteiger partial charge in [0.1, 0.15) is 10.6 Å². The van der Waals surface area contributed by atoms with Crippen LogP contribution in [0.5, 0.6) is 0 Å². The zero-order chi connectivity index (χ0) is 12.1. The van der Waals surface area contributed by atoms with E-state index < -0.39 is 11.0 Å². The summed E-state index contributed by atoms with van der Waals surface area (Å²) in [5, 5.41) is 14.0. The molecular formula is C8H10N4O4. The van der Waals surface area contributed by atoms with Gasteiger partial charge in [0.15, 0.2) is 5.76 Å². The third kappa shape index (κ3) is 2.80. The number of carbonyl (C=O) groups excluding carboxylic acids is 1. The molecule has 0 bridgehead atoms. The average molecular weight is 226 g/mol. The van der Waals surface area contributed by atoms with Crippen molar-refractivity contribution in [2.45, 2.75) is 13.3 Å². The Morgan fingerprint density at radius 1 is 1.69 bits per heavy atom. The quantitative estimate of drug-likeness (QED) is 0.450. The first-order valence-electron chi connectivity index (χ1n) is 4.41. The molecule has 1 aromatic heterocycles. The molecule has 3 N–H and O–H groups in total. The van der Waals surface area contributed by atoms with Gasteiger partial charge in [0.2, 0.25) is 0 Å². The van der Waals surface area contributed by atoms with Crippen molar-refractivity contribution in [1.29, 1.82) is 0 Å². The summed E-state index contributed by atoms with van der Waals surface area (Å²) in [6, 6.07) is 1.81. The van der Waals surface area contributed by atoms with Crippen molar-refractivity contribution < 1.29 is 14.1 Å². The molecule has 0 fully saturated rings. The zero-order valence-electron chi connectivity index (χ0n) is 8.47. The van der Waals surface area contributed by atoms with Gasteiger partial charge in [0.25, 0.3) is 0 Å². The van der Waals surface area contributed by atoms with E-state index in [4.69, 9.17) is 10.2 Å². The molecule has 1 rings (SSSR count). The summed E-state index contributed by atoms with van der Waals surface area (Å²) in [6.45, 7) is 1.76. The van der Waals surface area contributed by atoms with E-state index in [0.717, 1.165) is 0 Å². The van der Waals surface area contributed by atoms with E-state index in [0.29, 0.717) is 12.1 Å². The monoisotopic (exact) mass is 226 g/mol. The topological polar surface area (TPSA) is 124 Å². The Balaban J connectivity index is 2.90. The molecule has 0 spiro atoms. The van der Waals surface area contributed by atoms with Crippen molar-refractivity contribution in [3.05, 3.63) is 28.0 Å². The lowest BCUT2D eigenvalue weighted by Crippen LogP contribution is -2.25. The van der Waals surface area contributed by atoms with E-state index in [1.807, 2.05) is 5.43 Å². The summed E-state index contributed by atoms with van der Waals surface area (Å²) in [7, 11) is 0. The number of primary amides is 1. The van der Waals surface area contributed by atoms with Gasteiger partial charge in [-0.05, 0) is 12.5 Å². The minimum atomic E-state index is -0.813. The predicted molar refractivity (Wildman–Crippen MR) is 54.9 cm³/mol. The summed E-state index contributed by atoms with van der Waals surface area (Å²) in [5.74, 6) is -0.154. The summed E-state index contributed by atoms with van der Waals surface area (Å²) in [6.07, 6.45) is 0.435. The fourth-order valence-corrected chi connectivity index (χ4v) is 1.01. The van der Waals surface area contributed by atoms with E-state index in [2.05, 4.69) is 5.10 Å². The van der Waals surface area contributed by atoms with Gasteiger partial charge in [-0.15, -0.1) is 0 Å². The molecule has 0 aliphatic heterocycles. The average Bonchev–Trinajstić information content (AvgIpc) is 2.67.